The molecule has 4 unspecified atom stereocenters. The number of hydrogen-bond donors (Lipinski definition) is 4. The summed E-state index contributed by atoms with van der Waals surface area (Å²) in [6, 6.07) is 14.8. The summed E-state index contributed by atoms with van der Waals surface area (Å²) in [4.78, 5) is 13.6. The largest absolute Gasteiger partial charge is 0.491 e. The highest BCUT2D eigenvalue weighted by atomic mass is 16.5. The van der Waals surface area contributed by atoms with Gasteiger partial charge in [0.15, 0.2) is 0 Å². The highest BCUT2D eigenvalue weighted by Gasteiger charge is 2.33. The number of ether oxygens (including phenoxy) is 2. The maximum atomic E-state index is 13.6. The summed E-state index contributed by atoms with van der Waals surface area (Å²) < 4.78 is 10.8. The molecule has 0 amide bonds. The van der Waals surface area contributed by atoms with E-state index in [4.69, 9.17) is 19.7 Å². The molecule has 2 aromatic rings. The van der Waals surface area contributed by atoms with Gasteiger partial charge < -0.3 is 29.9 Å². The van der Waals surface area contributed by atoms with E-state index in [2.05, 4.69) is 0 Å². The number of aliphatic hydroxyl groups is 4. The van der Waals surface area contributed by atoms with Crippen molar-refractivity contribution in [3.8, 4) is 11.5 Å². The number of carbonyl (C=O) groups is 1. The van der Waals surface area contributed by atoms with Gasteiger partial charge in [-0.15, -0.1) is 0 Å². The number of aliphatic hydroxyl groups excluding tert-OH is 4. The normalized spacial score (nSPS) is 14.8. The molecule has 7 nitrogen and oxygen atoms in total. The second-order valence-electron chi connectivity index (χ2n) is 8.50. The van der Waals surface area contributed by atoms with Crippen LogP contribution in [0.1, 0.15) is 49.7 Å². The minimum Gasteiger partial charge on any atom is -0.491 e. The Morgan fingerprint density at radius 2 is 1.00 bits per heavy atom. The molecule has 0 aliphatic heterocycles. The summed E-state index contributed by atoms with van der Waals surface area (Å²) in [6.45, 7) is 4.04. The van der Waals surface area contributed by atoms with E-state index in [1.807, 2.05) is 62.4 Å². The minimum absolute atomic E-state index is 0.0329. The van der Waals surface area contributed by atoms with Crippen LogP contribution >= 0.6 is 0 Å². The maximum absolute atomic E-state index is 13.6. The lowest BCUT2D eigenvalue weighted by molar-refractivity contribution is -0.127. The third-order valence-electron chi connectivity index (χ3n) is 6.32. The van der Waals surface area contributed by atoms with Gasteiger partial charge in [0.25, 0.3) is 0 Å². The first kappa shape index (κ1) is 27.8. The molecule has 0 spiro atoms. The molecular weight excluding hydrogens is 436 g/mol. The van der Waals surface area contributed by atoms with Gasteiger partial charge in [0.05, 0.1) is 13.2 Å². The molecule has 2 rings (SSSR count). The Morgan fingerprint density at radius 3 is 1.29 bits per heavy atom. The molecule has 7 heteroatoms. The lowest BCUT2D eigenvalue weighted by Crippen LogP contribution is -2.29. The molecule has 0 aromatic heterocycles. The van der Waals surface area contributed by atoms with Crippen molar-refractivity contribution >= 4 is 5.78 Å². The monoisotopic (exact) mass is 474 g/mol. The molecule has 4 atom stereocenters. The van der Waals surface area contributed by atoms with Crippen LogP contribution in [-0.2, 0) is 4.79 Å². The molecule has 0 aliphatic rings. The van der Waals surface area contributed by atoms with Gasteiger partial charge in [-0.25, -0.2) is 0 Å². The van der Waals surface area contributed by atoms with E-state index in [0.29, 0.717) is 24.3 Å². The van der Waals surface area contributed by atoms with Gasteiger partial charge in [0.1, 0.15) is 30.5 Å². The molecule has 0 bridgehead atoms. The Hall–Kier alpha value is -2.45. The first-order valence-corrected chi connectivity index (χ1v) is 11.9. The summed E-state index contributed by atoms with van der Waals surface area (Å²) in [7, 11) is 0. The van der Waals surface area contributed by atoms with Crippen molar-refractivity contribution in [3.63, 3.8) is 0 Å². The van der Waals surface area contributed by atoms with Crippen LogP contribution in [0.3, 0.4) is 0 Å². The lowest BCUT2D eigenvalue weighted by Gasteiger charge is -2.29. The Balaban J connectivity index is 2.19. The summed E-state index contributed by atoms with van der Waals surface area (Å²) in [5, 5.41) is 37.2. The van der Waals surface area contributed by atoms with E-state index in [-0.39, 0.29) is 69.1 Å². The third-order valence-corrected chi connectivity index (χ3v) is 6.32. The van der Waals surface area contributed by atoms with Crippen molar-refractivity contribution in [3.05, 3.63) is 59.7 Å². The zero-order valence-corrected chi connectivity index (χ0v) is 20.1. The van der Waals surface area contributed by atoms with Crippen molar-refractivity contribution in [2.24, 2.45) is 11.8 Å². The number of ketones is 1. The number of hydrogen-bond acceptors (Lipinski definition) is 7. The quantitative estimate of drug-likeness (QED) is 0.296. The topological polar surface area (TPSA) is 116 Å². The fourth-order valence-corrected chi connectivity index (χ4v) is 4.45. The van der Waals surface area contributed by atoms with Gasteiger partial charge in [-0.1, -0.05) is 38.1 Å². The number of carbonyl (C=O) groups excluding carboxylic acids is 1. The van der Waals surface area contributed by atoms with E-state index in [1.54, 1.807) is 0 Å². The van der Waals surface area contributed by atoms with E-state index in [0.717, 1.165) is 11.1 Å². The Labute approximate surface area is 202 Å². The molecule has 2 aromatic carbocycles. The Kier molecular flexibility index (Phi) is 12.0. The van der Waals surface area contributed by atoms with Gasteiger partial charge in [0.2, 0.25) is 0 Å². The van der Waals surface area contributed by atoms with Gasteiger partial charge in [0, 0.05) is 25.0 Å². The van der Waals surface area contributed by atoms with Crippen molar-refractivity contribution in [2.75, 3.05) is 39.6 Å². The number of benzene rings is 2. The highest BCUT2D eigenvalue weighted by molar-refractivity contribution is 5.84. The zero-order chi connectivity index (χ0) is 24.9. The molecular formula is C27H38O7. The van der Waals surface area contributed by atoms with Crippen molar-refractivity contribution in [1.29, 1.82) is 0 Å². The van der Waals surface area contributed by atoms with E-state index < -0.39 is 0 Å². The SMILES string of the molecule is CC(C(=O)C(C)C(CCO)c1ccc(OCCO)cc1)C(CCO)c1ccc(OCCO)cc1. The minimum atomic E-state index is -0.334. The van der Waals surface area contributed by atoms with Crippen molar-refractivity contribution in [1.82, 2.24) is 0 Å². The van der Waals surface area contributed by atoms with Gasteiger partial charge in [-0.2, -0.15) is 0 Å². The fourth-order valence-electron chi connectivity index (χ4n) is 4.45. The van der Waals surface area contributed by atoms with Crippen LogP contribution < -0.4 is 9.47 Å². The van der Waals surface area contributed by atoms with Crippen LogP contribution in [0, 0.1) is 11.8 Å². The van der Waals surface area contributed by atoms with Gasteiger partial charge in [-0.3, -0.25) is 4.79 Å². The summed E-state index contributed by atoms with van der Waals surface area (Å²) >= 11 is 0. The molecule has 4 N–H and O–H groups in total. The molecule has 0 saturated carbocycles. The summed E-state index contributed by atoms with van der Waals surface area (Å²) in [5.41, 5.74) is 1.89. The van der Waals surface area contributed by atoms with E-state index in [9.17, 15) is 15.0 Å². The second-order valence-corrected chi connectivity index (χ2v) is 8.50. The molecule has 34 heavy (non-hydrogen) atoms. The second kappa shape index (κ2) is 14.7. The predicted octanol–water partition coefficient (Wildman–Crippen LogP) is 2.90. The van der Waals surface area contributed by atoms with Crippen LogP contribution in [0.25, 0.3) is 0 Å². The lowest BCUT2D eigenvalue weighted by atomic mass is 9.74. The van der Waals surface area contributed by atoms with Crippen LogP contribution in [0.2, 0.25) is 0 Å². The van der Waals surface area contributed by atoms with Crippen molar-refractivity contribution in [2.45, 2.75) is 38.5 Å². The Morgan fingerprint density at radius 1 is 0.647 bits per heavy atom. The average molecular weight is 475 g/mol. The first-order chi connectivity index (χ1) is 16.5. The number of Topliss-reactive ketones (excluding diaryl/α,β-unsaturated/α-hetero) is 1. The van der Waals surface area contributed by atoms with Gasteiger partial charge in [-0.05, 0) is 60.1 Å². The average Bonchev–Trinajstić information content (AvgIpc) is 2.87. The number of rotatable bonds is 16. The van der Waals surface area contributed by atoms with Gasteiger partial charge >= 0.3 is 0 Å². The summed E-state index contributed by atoms with van der Waals surface area (Å²) in [6.07, 6.45) is 0.913. The standard InChI is InChI=1S/C27H38O7/c1-19(25(11-13-28)21-3-7-23(8-4-21)33-17-15-30)27(32)20(2)26(12-14-29)22-5-9-24(10-6-22)34-18-16-31/h3-10,19-20,25-26,28-31H,11-18H2,1-2H3. The third kappa shape index (κ3) is 7.81. The molecule has 0 saturated heterocycles. The summed E-state index contributed by atoms with van der Waals surface area (Å²) in [5.74, 6) is 0.383. The zero-order valence-electron chi connectivity index (χ0n) is 20.1. The van der Waals surface area contributed by atoms with Crippen LogP contribution in [-0.4, -0.2) is 65.9 Å². The molecule has 0 heterocycles. The fraction of sp³-hybridized carbons (Fsp3) is 0.519. The van der Waals surface area contributed by atoms with Crippen LogP contribution in [0.4, 0.5) is 0 Å². The van der Waals surface area contributed by atoms with Crippen molar-refractivity contribution < 1.29 is 34.7 Å². The van der Waals surface area contributed by atoms with Crippen LogP contribution in [0.5, 0.6) is 11.5 Å². The first-order valence-electron chi connectivity index (χ1n) is 11.9. The van der Waals surface area contributed by atoms with Crippen LogP contribution in [0.15, 0.2) is 48.5 Å². The van der Waals surface area contributed by atoms with E-state index in [1.165, 1.54) is 0 Å². The Bertz CT molecular complexity index is 766. The maximum Gasteiger partial charge on any atom is 0.139 e. The predicted molar refractivity (Wildman–Crippen MR) is 130 cm³/mol. The molecule has 0 aliphatic carbocycles. The van der Waals surface area contributed by atoms with E-state index >= 15 is 0 Å². The highest BCUT2D eigenvalue weighted by Crippen LogP contribution is 2.36. The smallest absolute Gasteiger partial charge is 0.139 e. The molecule has 0 radical (unpaired) electrons. The molecule has 188 valence electrons. The molecule has 0 fully saturated rings.